The summed E-state index contributed by atoms with van der Waals surface area (Å²) < 4.78 is 0. The van der Waals surface area contributed by atoms with Crippen LogP contribution in [0.2, 0.25) is 0 Å². The number of para-hydroxylation sites is 2. The zero-order valence-electron chi connectivity index (χ0n) is 25.1. The molecule has 0 bridgehead atoms. The summed E-state index contributed by atoms with van der Waals surface area (Å²) in [7, 11) is 0. The molecular weight excluding hydrogens is 449 g/mol. The first-order valence-electron chi connectivity index (χ1n) is 13.4. The summed E-state index contributed by atoms with van der Waals surface area (Å²) in [6.45, 7) is 27.8. The monoisotopic (exact) mass is 498 g/mol. The molecule has 0 atom stereocenters. The molecule has 36 heavy (non-hydrogen) atoms. The van der Waals surface area contributed by atoms with Gasteiger partial charge in [-0.1, -0.05) is 129 Å². The largest absolute Gasteiger partial charge is 2.00 e. The van der Waals surface area contributed by atoms with Crippen molar-refractivity contribution >= 4 is 40.1 Å². The maximum Gasteiger partial charge on any atom is 2.00 e. The summed E-state index contributed by atoms with van der Waals surface area (Å²) in [6, 6.07) is 13.1. The van der Waals surface area contributed by atoms with Crippen molar-refractivity contribution in [3.05, 3.63) is 82.7 Å². The number of hydrogen-bond acceptors (Lipinski definition) is 1. The quantitative estimate of drug-likeness (QED) is 0.187. The Hall–Kier alpha value is -1.58. The van der Waals surface area contributed by atoms with Crippen molar-refractivity contribution < 1.29 is 0 Å². The van der Waals surface area contributed by atoms with E-state index in [2.05, 4.69) is 126 Å². The van der Waals surface area contributed by atoms with Gasteiger partial charge in [0, 0.05) is 5.71 Å². The third kappa shape index (κ3) is 10.4. The fourth-order valence-electron chi connectivity index (χ4n) is 4.00. The van der Waals surface area contributed by atoms with Crippen LogP contribution >= 0.6 is 0 Å². The van der Waals surface area contributed by atoms with Crippen LogP contribution in [-0.4, -0.2) is 28.8 Å². The molecule has 0 aromatic heterocycles. The number of benzene rings is 2. The Balaban J connectivity index is 0.00000227. The smallest absolute Gasteiger partial charge is 0.661 e. The molecule has 0 N–H and O–H groups in total. The Morgan fingerprint density at radius 3 is 1.47 bits per heavy atom. The van der Waals surface area contributed by atoms with Gasteiger partial charge < -0.3 is 12.2 Å². The molecule has 0 aliphatic rings. The molecule has 3 heteroatoms. The fraction of sp³-hybridized carbons (Fsp3) is 0.515. The van der Waals surface area contributed by atoms with Crippen LogP contribution in [0.3, 0.4) is 0 Å². The molecule has 2 aromatic rings. The number of nitrogens with zero attached hydrogens (tertiary/aromatic N) is 2. The van der Waals surface area contributed by atoms with Gasteiger partial charge in [-0.2, -0.15) is 12.1 Å². The average Bonchev–Trinajstić information content (AvgIpc) is 2.78. The SMILES string of the molecule is CC(/C=C(/C)[N-]c1c(C(C)C)cccc1C(C)C)=Nc1c(C(C)C)cccc1C(C)C.[CH2-]CCC.[Mg+2]. The van der Waals surface area contributed by atoms with E-state index in [4.69, 9.17) is 10.3 Å². The molecule has 2 rings (SSSR count). The first kappa shape index (κ1) is 34.4. The van der Waals surface area contributed by atoms with Crippen LogP contribution < -0.4 is 0 Å². The Morgan fingerprint density at radius 2 is 1.14 bits per heavy atom. The predicted octanol–water partition coefficient (Wildman–Crippen LogP) is 11.1. The van der Waals surface area contributed by atoms with Crippen molar-refractivity contribution in [1.29, 1.82) is 0 Å². The van der Waals surface area contributed by atoms with Crippen LogP contribution in [0.15, 0.2) is 53.2 Å². The van der Waals surface area contributed by atoms with Crippen LogP contribution in [0.1, 0.15) is 135 Å². The van der Waals surface area contributed by atoms with E-state index < -0.39 is 0 Å². The normalized spacial score (nSPS) is 12.1. The van der Waals surface area contributed by atoms with Crippen molar-refractivity contribution in [2.24, 2.45) is 4.99 Å². The van der Waals surface area contributed by atoms with Crippen LogP contribution in [0.4, 0.5) is 11.4 Å². The molecular formula is C33H50MgN2. The molecule has 0 unspecified atom stereocenters. The molecule has 0 fully saturated rings. The van der Waals surface area contributed by atoms with Gasteiger partial charge in [-0.25, -0.2) is 0 Å². The van der Waals surface area contributed by atoms with Crippen molar-refractivity contribution in [3.63, 3.8) is 0 Å². The summed E-state index contributed by atoms with van der Waals surface area (Å²) in [5.74, 6) is 1.75. The van der Waals surface area contributed by atoms with Crippen molar-refractivity contribution in [2.45, 2.75) is 113 Å². The van der Waals surface area contributed by atoms with E-state index >= 15 is 0 Å². The third-order valence-electron chi connectivity index (χ3n) is 6.03. The number of unbranched alkanes of at least 4 members (excludes halogenated alkanes) is 1. The first-order chi connectivity index (χ1) is 16.4. The molecule has 0 aliphatic heterocycles. The fourth-order valence-corrected chi connectivity index (χ4v) is 4.00. The van der Waals surface area contributed by atoms with Gasteiger partial charge in [0.2, 0.25) is 0 Å². The number of aliphatic imine (C=N–C) groups is 1. The van der Waals surface area contributed by atoms with E-state index in [-0.39, 0.29) is 23.1 Å². The first-order valence-corrected chi connectivity index (χ1v) is 13.4. The summed E-state index contributed by atoms with van der Waals surface area (Å²) in [4.78, 5) is 5.08. The minimum atomic E-state index is 0. The second-order valence-corrected chi connectivity index (χ2v) is 10.7. The molecule has 0 saturated carbocycles. The van der Waals surface area contributed by atoms with Gasteiger partial charge in [-0.05, 0) is 41.7 Å². The van der Waals surface area contributed by atoms with Crippen molar-refractivity contribution in [3.8, 4) is 0 Å². The molecule has 0 saturated heterocycles. The number of allylic oxidation sites excluding steroid dienone is 2. The molecule has 0 aliphatic carbocycles. The van der Waals surface area contributed by atoms with Gasteiger partial charge in [0.1, 0.15) is 0 Å². The topological polar surface area (TPSA) is 26.5 Å². The third-order valence-corrected chi connectivity index (χ3v) is 6.03. The van der Waals surface area contributed by atoms with E-state index in [0.717, 1.165) is 29.2 Å². The molecule has 2 aromatic carbocycles. The summed E-state index contributed by atoms with van der Waals surface area (Å²) in [5, 5.41) is 5.08. The Kier molecular flexibility index (Phi) is 16.3. The van der Waals surface area contributed by atoms with E-state index in [0.29, 0.717) is 23.7 Å². The number of rotatable bonds is 9. The molecule has 0 amide bonds. The zero-order valence-corrected chi connectivity index (χ0v) is 26.5. The van der Waals surface area contributed by atoms with Gasteiger partial charge >= 0.3 is 23.1 Å². The van der Waals surface area contributed by atoms with Gasteiger partial charge in [0.25, 0.3) is 0 Å². The summed E-state index contributed by atoms with van der Waals surface area (Å²) in [6.07, 6.45) is 4.39. The predicted molar refractivity (Wildman–Crippen MR) is 165 cm³/mol. The van der Waals surface area contributed by atoms with E-state index in [1.54, 1.807) is 0 Å². The van der Waals surface area contributed by atoms with Gasteiger partial charge in [0.15, 0.2) is 0 Å². The van der Waals surface area contributed by atoms with Crippen LogP contribution in [-0.2, 0) is 0 Å². The Labute approximate surface area is 239 Å². The average molecular weight is 499 g/mol. The Bertz CT molecular complexity index is 927. The zero-order chi connectivity index (χ0) is 26.7. The van der Waals surface area contributed by atoms with Crippen molar-refractivity contribution in [2.75, 3.05) is 0 Å². The van der Waals surface area contributed by atoms with Gasteiger partial charge in [-0.3, -0.25) is 4.99 Å². The van der Waals surface area contributed by atoms with Crippen LogP contribution in [0.5, 0.6) is 0 Å². The van der Waals surface area contributed by atoms with Gasteiger partial charge in [-0.15, -0.1) is 5.69 Å². The van der Waals surface area contributed by atoms with E-state index in [9.17, 15) is 0 Å². The van der Waals surface area contributed by atoms with Crippen LogP contribution in [0.25, 0.3) is 5.32 Å². The molecule has 194 valence electrons. The second-order valence-electron chi connectivity index (χ2n) is 10.7. The molecule has 2 nitrogen and oxygen atoms in total. The van der Waals surface area contributed by atoms with E-state index in [1.807, 2.05) is 0 Å². The van der Waals surface area contributed by atoms with E-state index in [1.165, 1.54) is 28.7 Å². The maximum atomic E-state index is 5.08. The minimum Gasteiger partial charge on any atom is -0.661 e. The molecule has 0 spiro atoms. The number of hydrogen-bond donors (Lipinski definition) is 0. The summed E-state index contributed by atoms with van der Waals surface area (Å²) >= 11 is 0. The standard InChI is InChI=1S/C29H41N2.C4H9.Mg/c1-18(2)24-13-11-14-25(19(3)4)28(24)30-22(9)17-23(10)31-29-26(20(5)6)15-12-16-27(29)21(7)8;1-3-4-2;/h11-21H,1-10H3;1,3-4H2,2H3;/q2*-1;+2/b22-17-,31-23?;;. The van der Waals surface area contributed by atoms with Crippen LogP contribution in [0, 0.1) is 6.92 Å². The molecule has 0 heterocycles. The van der Waals surface area contributed by atoms with Crippen molar-refractivity contribution in [1.82, 2.24) is 0 Å². The minimum absolute atomic E-state index is 0. The Morgan fingerprint density at radius 1 is 0.778 bits per heavy atom. The molecule has 0 radical (unpaired) electrons. The maximum absolute atomic E-state index is 5.08. The van der Waals surface area contributed by atoms with Gasteiger partial charge in [0.05, 0.1) is 5.69 Å². The second kappa shape index (κ2) is 17.0. The summed E-state index contributed by atoms with van der Waals surface area (Å²) in [5.41, 5.74) is 9.45.